The SMILES string of the molecule is CCN1C(=O)CCc2cc(NC(=O)c3cccc(C(F)(F)F)c3)ccc21. The van der Waals surface area contributed by atoms with Crippen molar-refractivity contribution in [1.82, 2.24) is 0 Å². The third-order valence-electron chi connectivity index (χ3n) is 4.31. The lowest BCUT2D eigenvalue weighted by Gasteiger charge is -2.28. The molecule has 1 heterocycles. The van der Waals surface area contributed by atoms with Crippen LogP contribution in [0.25, 0.3) is 0 Å². The van der Waals surface area contributed by atoms with Gasteiger partial charge in [0.05, 0.1) is 5.56 Å². The van der Waals surface area contributed by atoms with Crippen molar-refractivity contribution in [3.05, 3.63) is 59.2 Å². The highest BCUT2D eigenvalue weighted by Crippen LogP contribution is 2.31. The van der Waals surface area contributed by atoms with Crippen molar-refractivity contribution in [1.29, 1.82) is 0 Å². The zero-order chi connectivity index (χ0) is 18.9. The molecule has 0 saturated heterocycles. The number of benzene rings is 2. The minimum absolute atomic E-state index is 0.0563. The zero-order valence-electron chi connectivity index (χ0n) is 14.1. The van der Waals surface area contributed by atoms with E-state index in [4.69, 9.17) is 0 Å². The van der Waals surface area contributed by atoms with Gasteiger partial charge in [-0.05, 0) is 55.3 Å². The normalized spacial score (nSPS) is 14.2. The van der Waals surface area contributed by atoms with E-state index in [1.165, 1.54) is 12.1 Å². The number of rotatable bonds is 3. The van der Waals surface area contributed by atoms with Crippen molar-refractivity contribution in [3.63, 3.8) is 0 Å². The summed E-state index contributed by atoms with van der Waals surface area (Å²) in [5.41, 5.74) is 1.28. The lowest BCUT2D eigenvalue weighted by atomic mass is 10.0. The van der Waals surface area contributed by atoms with Crippen molar-refractivity contribution >= 4 is 23.2 Å². The lowest BCUT2D eigenvalue weighted by molar-refractivity contribution is -0.137. The number of halogens is 3. The molecule has 1 N–H and O–H groups in total. The van der Waals surface area contributed by atoms with E-state index < -0.39 is 17.6 Å². The van der Waals surface area contributed by atoms with Crippen molar-refractivity contribution in [3.8, 4) is 0 Å². The quantitative estimate of drug-likeness (QED) is 0.887. The van der Waals surface area contributed by atoms with E-state index in [2.05, 4.69) is 5.32 Å². The molecule has 0 fully saturated rings. The number of fused-ring (bicyclic) bond motifs is 1. The van der Waals surface area contributed by atoms with Gasteiger partial charge in [-0.25, -0.2) is 0 Å². The van der Waals surface area contributed by atoms with Gasteiger partial charge in [-0.15, -0.1) is 0 Å². The van der Waals surface area contributed by atoms with Gasteiger partial charge in [-0.3, -0.25) is 9.59 Å². The summed E-state index contributed by atoms with van der Waals surface area (Å²) in [4.78, 5) is 25.9. The molecular weight excluding hydrogens is 345 g/mol. The molecule has 0 aliphatic carbocycles. The summed E-state index contributed by atoms with van der Waals surface area (Å²) in [6.45, 7) is 2.44. The molecule has 2 aromatic carbocycles. The van der Waals surface area contributed by atoms with Crippen molar-refractivity contribution in [2.45, 2.75) is 25.9 Å². The number of hydrogen-bond acceptors (Lipinski definition) is 2. The molecule has 1 aliphatic rings. The minimum atomic E-state index is -4.50. The predicted molar refractivity (Wildman–Crippen MR) is 92.2 cm³/mol. The topological polar surface area (TPSA) is 49.4 Å². The first-order valence-electron chi connectivity index (χ1n) is 8.21. The number of aryl methyl sites for hydroxylation is 1. The Kier molecular flexibility index (Phi) is 4.71. The third-order valence-corrected chi connectivity index (χ3v) is 4.31. The lowest BCUT2D eigenvalue weighted by Crippen LogP contribution is -2.34. The summed E-state index contributed by atoms with van der Waals surface area (Å²) in [5, 5.41) is 2.62. The first-order chi connectivity index (χ1) is 12.3. The van der Waals surface area contributed by atoms with Gasteiger partial charge in [0.15, 0.2) is 0 Å². The van der Waals surface area contributed by atoms with Crippen LogP contribution in [-0.4, -0.2) is 18.4 Å². The van der Waals surface area contributed by atoms with Gasteiger partial charge < -0.3 is 10.2 Å². The van der Waals surface area contributed by atoms with Gasteiger partial charge in [-0.2, -0.15) is 13.2 Å². The molecule has 0 saturated carbocycles. The molecule has 136 valence electrons. The van der Waals surface area contributed by atoms with E-state index in [-0.39, 0.29) is 11.5 Å². The van der Waals surface area contributed by atoms with Gasteiger partial charge >= 0.3 is 6.18 Å². The monoisotopic (exact) mass is 362 g/mol. The molecule has 0 atom stereocenters. The van der Waals surface area contributed by atoms with Crippen LogP contribution in [0.2, 0.25) is 0 Å². The van der Waals surface area contributed by atoms with Crippen LogP contribution in [-0.2, 0) is 17.4 Å². The average Bonchev–Trinajstić information content (AvgIpc) is 2.61. The van der Waals surface area contributed by atoms with E-state index in [1.807, 2.05) is 6.92 Å². The molecule has 0 radical (unpaired) electrons. The van der Waals surface area contributed by atoms with Crippen LogP contribution >= 0.6 is 0 Å². The fourth-order valence-electron chi connectivity index (χ4n) is 3.02. The number of nitrogens with zero attached hydrogens (tertiary/aromatic N) is 1. The van der Waals surface area contributed by atoms with E-state index in [9.17, 15) is 22.8 Å². The number of alkyl halides is 3. The highest BCUT2D eigenvalue weighted by Gasteiger charge is 2.31. The Morgan fingerprint density at radius 1 is 1.15 bits per heavy atom. The molecule has 2 amide bonds. The molecule has 7 heteroatoms. The molecule has 4 nitrogen and oxygen atoms in total. The Balaban J connectivity index is 1.82. The third kappa shape index (κ3) is 3.56. The Labute approximate surface area is 148 Å². The van der Waals surface area contributed by atoms with Crippen LogP contribution in [0.5, 0.6) is 0 Å². The van der Waals surface area contributed by atoms with Gasteiger partial charge in [-0.1, -0.05) is 6.07 Å². The van der Waals surface area contributed by atoms with Crippen LogP contribution in [0, 0.1) is 0 Å². The maximum Gasteiger partial charge on any atom is 0.416 e. The molecule has 0 spiro atoms. The minimum Gasteiger partial charge on any atom is -0.322 e. The Morgan fingerprint density at radius 2 is 1.92 bits per heavy atom. The number of anilines is 2. The second kappa shape index (κ2) is 6.82. The molecule has 2 aromatic rings. The average molecular weight is 362 g/mol. The smallest absolute Gasteiger partial charge is 0.322 e. The summed E-state index contributed by atoms with van der Waals surface area (Å²) >= 11 is 0. The summed E-state index contributed by atoms with van der Waals surface area (Å²) in [5.74, 6) is -0.559. The first kappa shape index (κ1) is 18.0. The number of amides is 2. The van der Waals surface area contributed by atoms with E-state index >= 15 is 0 Å². The fraction of sp³-hybridized carbons (Fsp3) is 0.263. The van der Waals surface area contributed by atoms with Crippen LogP contribution in [0.4, 0.5) is 24.5 Å². The summed E-state index contributed by atoms with van der Waals surface area (Å²) in [7, 11) is 0. The highest BCUT2D eigenvalue weighted by molar-refractivity contribution is 6.05. The van der Waals surface area contributed by atoms with Crippen LogP contribution in [0.3, 0.4) is 0 Å². The van der Waals surface area contributed by atoms with Crippen molar-refractivity contribution in [2.75, 3.05) is 16.8 Å². The van der Waals surface area contributed by atoms with Crippen molar-refractivity contribution in [2.24, 2.45) is 0 Å². The van der Waals surface area contributed by atoms with E-state index in [1.54, 1.807) is 23.1 Å². The predicted octanol–water partition coefficient (Wildman–Crippen LogP) is 4.26. The second-order valence-electron chi connectivity index (χ2n) is 6.01. The Hall–Kier alpha value is -2.83. The number of carbonyl (C=O) groups is 2. The maximum atomic E-state index is 12.8. The fourth-order valence-corrected chi connectivity index (χ4v) is 3.02. The highest BCUT2D eigenvalue weighted by atomic mass is 19.4. The summed E-state index contributed by atoms with van der Waals surface area (Å²) in [6, 6.07) is 9.44. The number of carbonyl (C=O) groups excluding carboxylic acids is 2. The molecular formula is C19H17F3N2O2. The number of hydrogen-bond donors (Lipinski definition) is 1. The van der Waals surface area contributed by atoms with E-state index in [0.29, 0.717) is 25.1 Å². The van der Waals surface area contributed by atoms with Crippen LogP contribution in [0.1, 0.15) is 34.8 Å². The van der Waals surface area contributed by atoms with Gasteiger partial charge in [0.2, 0.25) is 5.91 Å². The number of nitrogens with one attached hydrogen (secondary N) is 1. The molecule has 26 heavy (non-hydrogen) atoms. The molecule has 0 aromatic heterocycles. The van der Waals surface area contributed by atoms with Crippen LogP contribution in [0.15, 0.2) is 42.5 Å². The summed E-state index contributed by atoms with van der Waals surface area (Å²) < 4.78 is 38.4. The molecule has 0 bridgehead atoms. The standard InChI is InChI=1S/C19H17F3N2O2/c1-2-24-16-8-7-15(11-12(16)6-9-17(24)25)23-18(26)13-4-3-5-14(10-13)19(20,21)22/h3-5,7-8,10-11H,2,6,9H2,1H3,(H,23,26). The van der Waals surface area contributed by atoms with Crippen molar-refractivity contribution < 1.29 is 22.8 Å². The Bertz CT molecular complexity index is 862. The summed E-state index contributed by atoms with van der Waals surface area (Å²) in [6.07, 6.45) is -3.54. The molecule has 0 unspecified atom stereocenters. The maximum absolute atomic E-state index is 12.8. The molecule has 3 rings (SSSR count). The largest absolute Gasteiger partial charge is 0.416 e. The van der Waals surface area contributed by atoms with Crippen LogP contribution < -0.4 is 10.2 Å². The van der Waals surface area contributed by atoms with Gasteiger partial charge in [0, 0.05) is 29.9 Å². The van der Waals surface area contributed by atoms with Gasteiger partial charge in [0.1, 0.15) is 0 Å². The first-order valence-corrected chi connectivity index (χ1v) is 8.21. The Morgan fingerprint density at radius 3 is 2.62 bits per heavy atom. The van der Waals surface area contributed by atoms with Gasteiger partial charge in [0.25, 0.3) is 5.91 Å². The molecule has 1 aliphatic heterocycles. The van der Waals surface area contributed by atoms with E-state index in [0.717, 1.165) is 23.4 Å². The second-order valence-corrected chi connectivity index (χ2v) is 6.01. The zero-order valence-corrected chi connectivity index (χ0v) is 14.1.